The van der Waals surface area contributed by atoms with Gasteiger partial charge in [0.25, 0.3) is 11.8 Å². The minimum atomic E-state index is -1.36. The smallest absolute Gasteiger partial charge is 0.273 e. The molecule has 1 aromatic carbocycles. The number of amides is 3. The molecule has 1 N–H and O–H groups in total. The number of rotatable bonds is 5. The van der Waals surface area contributed by atoms with E-state index in [-0.39, 0.29) is 30.6 Å². The number of nitrogens with zero attached hydrogens (tertiary/aromatic N) is 3. The molecular weight excluding hydrogens is 388 g/mol. The number of aromatic nitrogens is 1. The number of thiazole rings is 1. The van der Waals surface area contributed by atoms with Gasteiger partial charge in [0.1, 0.15) is 0 Å². The summed E-state index contributed by atoms with van der Waals surface area (Å²) in [6, 6.07) is 7.03. The summed E-state index contributed by atoms with van der Waals surface area (Å²) in [5, 5.41) is 3.38. The molecule has 1 saturated heterocycles. The molecule has 1 fully saturated rings. The van der Waals surface area contributed by atoms with Crippen LogP contribution in [0, 0.1) is 13.8 Å². The maximum absolute atomic E-state index is 13.6. The van der Waals surface area contributed by atoms with E-state index in [0.29, 0.717) is 22.9 Å². The molecule has 0 bridgehead atoms. The van der Waals surface area contributed by atoms with E-state index in [1.807, 2.05) is 20.8 Å². The van der Waals surface area contributed by atoms with Crippen LogP contribution in [0.4, 0.5) is 10.8 Å². The van der Waals surface area contributed by atoms with Crippen molar-refractivity contribution >= 4 is 39.9 Å². The highest BCUT2D eigenvalue weighted by Crippen LogP contribution is 2.45. The second-order valence-electron chi connectivity index (χ2n) is 7.49. The summed E-state index contributed by atoms with van der Waals surface area (Å²) in [5.41, 5.74) is 0.471. The highest BCUT2D eigenvalue weighted by atomic mass is 32.1. The highest BCUT2D eigenvalue weighted by molar-refractivity contribution is 7.15. The number of fused-ring (bicyclic) bond motifs is 3. The van der Waals surface area contributed by atoms with E-state index in [9.17, 15) is 14.4 Å². The van der Waals surface area contributed by atoms with Gasteiger partial charge in [-0.25, -0.2) is 4.98 Å². The van der Waals surface area contributed by atoms with Crippen LogP contribution >= 0.6 is 11.3 Å². The zero-order valence-corrected chi connectivity index (χ0v) is 17.6. The number of carbonyl (C=O) groups is 3. The summed E-state index contributed by atoms with van der Waals surface area (Å²) in [6.45, 7) is 6.28. The first kappa shape index (κ1) is 19.6. The molecule has 0 saturated carbocycles. The number of benzene rings is 1. The molecule has 0 unspecified atom stereocenters. The van der Waals surface area contributed by atoms with E-state index >= 15 is 0 Å². The van der Waals surface area contributed by atoms with E-state index in [0.717, 1.165) is 23.4 Å². The molecule has 2 aromatic rings. The van der Waals surface area contributed by atoms with Crippen LogP contribution in [0.5, 0.6) is 0 Å². The van der Waals surface area contributed by atoms with Crippen molar-refractivity contribution in [2.75, 3.05) is 16.8 Å². The fraction of sp³-hybridized carbons (Fsp3) is 0.429. The van der Waals surface area contributed by atoms with Crippen LogP contribution in [-0.2, 0) is 9.59 Å². The summed E-state index contributed by atoms with van der Waals surface area (Å²) in [5.74, 6) is -0.731. The average Bonchev–Trinajstić information content (AvgIpc) is 3.21. The van der Waals surface area contributed by atoms with E-state index in [1.54, 1.807) is 29.2 Å². The maximum Gasteiger partial charge on any atom is 0.273 e. The predicted molar refractivity (Wildman–Crippen MR) is 112 cm³/mol. The Morgan fingerprint density at radius 1 is 1.28 bits per heavy atom. The third-order valence-corrected chi connectivity index (χ3v) is 6.71. The molecule has 152 valence electrons. The van der Waals surface area contributed by atoms with Gasteiger partial charge in [-0.3, -0.25) is 24.6 Å². The third-order valence-electron chi connectivity index (χ3n) is 5.72. The Labute approximate surface area is 173 Å². The molecule has 7 nitrogen and oxygen atoms in total. The molecule has 1 aromatic heterocycles. The molecule has 8 heteroatoms. The fourth-order valence-corrected chi connectivity index (χ4v) is 4.94. The molecule has 2 aliphatic heterocycles. The van der Waals surface area contributed by atoms with Crippen molar-refractivity contribution in [2.45, 2.75) is 52.1 Å². The van der Waals surface area contributed by atoms with Gasteiger partial charge in [-0.2, -0.15) is 0 Å². The Balaban J connectivity index is 1.82. The number of nitrogens with one attached hydrogen (secondary N) is 1. The van der Waals surface area contributed by atoms with Gasteiger partial charge >= 0.3 is 0 Å². The Hall–Kier alpha value is -2.74. The van der Waals surface area contributed by atoms with E-state index in [2.05, 4.69) is 10.3 Å². The largest absolute Gasteiger partial charge is 0.307 e. The third kappa shape index (κ3) is 2.93. The van der Waals surface area contributed by atoms with E-state index in [4.69, 9.17) is 0 Å². The highest BCUT2D eigenvalue weighted by Gasteiger charge is 2.60. The summed E-state index contributed by atoms with van der Waals surface area (Å²) < 4.78 is 0. The summed E-state index contributed by atoms with van der Waals surface area (Å²) in [7, 11) is 0. The number of hydrogen-bond acceptors (Lipinski definition) is 5. The van der Waals surface area contributed by atoms with Crippen molar-refractivity contribution in [3.63, 3.8) is 0 Å². The number of carbonyl (C=O) groups excluding carboxylic acids is 3. The zero-order valence-electron chi connectivity index (χ0n) is 16.8. The van der Waals surface area contributed by atoms with Crippen molar-refractivity contribution in [1.29, 1.82) is 0 Å². The van der Waals surface area contributed by atoms with E-state index in [1.165, 1.54) is 16.2 Å². The maximum atomic E-state index is 13.6. The van der Waals surface area contributed by atoms with Gasteiger partial charge in [0, 0.05) is 24.3 Å². The lowest BCUT2D eigenvalue weighted by Gasteiger charge is -2.49. The summed E-state index contributed by atoms with van der Waals surface area (Å²) in [4.78, 5) is 48.5. The average molecular weight is 413 g/mol. The summed E-state index contributed by atoms with van der Waals surface area (Å²) in [6.07, 6.45) is 2.11. The number of aryl methyl sites for hydroxylation is 2. The van der Waals surface area contributed by atoms with E-state index < -0.39 is 5.66 Å². The summed E-state index contributed by atoms with van der Waals surface area (Å²) >= 11 is 1.39. The first-order chi connectivity index (χ1) is 13.9. The second-order valence-corrected chi connectivity index (χ2v) is 8.69. The van der Waals surface area contributed by atoms with Gasteiger partial charge in [-0.05, 0) is 32.4 Å². The number of hydrogen-bond donors (Lipinski definition) is 1. The molecule has 3 heterocycles. The molecule has 3 amide bonds. The fourth-order valence-electron chi connectivity index (χ4n) is 4.13. The quantitative estimate of drug-likeness (QED) is 0.815. The minimum absolute atomic E-state index is 0.145. The SMILES string of the molecule is CCCCN1C(=O)c2ccccc2N2C(=O)CC[C@@]12C(=O)Nc1nc(C)c(C)s1. The van der Waals surface area contributed by atoms with Crippen LogP contribution in [0.25, 0.3) is 0 Å². The van der Waals surface area contributed by atoms with Crippen LogP contribution in [0.1, 0.15) is 53.5 Å². The van der Waals surface area contributed by atoms with Gasteiger partial charge in [-0.1, -0.05) is 25.5 Å². The predicted octanol–water partition coefficient (Wildman–Crippen LogP) is 3.48. The van der Waals surface area contributed by atoms with Gasteiger partial charge in [0.2, 0.25) is 11.6 Å². The molecule has 29 heavy (non-hydrogen) atoms. The Morgan fingerprint density at radius 2 is 2.03 bits per heavy atom. The zero-order chi connectivity index (χ0) is 20.8. The van der Waals surface area contributed by atoms with Crippen molar-refractivity contribution in [3.05, 3.63) is 40.4 Å². The molecule has 0 radical (unpaired) electrons. The number of anilines is 2. The molecule has 1 atom stereocenters. The normalized spacial score (nSPS) is 20.7. The van der Waals surface area contributed by atoms with Gasteiger partial charge < -0.3 is 4.90 Å². The number of unbranched alkanes of at least 4 members (excludes halogenated alkanes) is 1. The molecular formula is C21H24N4O3S. The van der Waals surface area contributed by atoms with Gasteiger partial charge in [0.15, 0.2) is 5.13 Å². The molecule has 2 aliphatic rings. The first-order valence-corrected chi connectivity index (χ1v) is 10.7. The van der Waals surface area contributed by atoms with Crippen LogP contribution in [-0.4, -0.2) is 39.8 Å². The van der Waals surface area contributed by atoms with Crippen molar-refractivity contribution in [3.8, 4) is 0 Å². The van der Waals surface area contributed by atoms with Crippen molar-refractivity contribution in [1.82, 2.24) is 9.88 Å². The molecule has 0 spiro atoms. The first-order valence-electron chi connectivity index (χ1n) is 9.89. The Morgan fingerprint density at radius 3 is 2.72 bits per heavy atom. The van der Waals surface area contributed by atoms with Crippen LogP contribution in [0.3, 0.4) is 0 Å². The minimum Gasteiger partial charge on any atom is -0.307 e. The Bertz CT molecular complexity index is 982. The van der Waals surface area contributed by atoms with Crippen LogP contribution in [0.2, 0.25) is 0 Å². The van der Waals surface area contributed by atoms with Crippen LogP contribution in [0.15, 0.2) is 24.3 Å². The van der Waals surface area contributed by atoms with Crippen LogP contribution < -0.4 is 10.2 Å². The van der Waals surface area contributed by atoms with Crippen molar-refractivity contribution in [2.24, 2.45) is 0 Å². The number of para-hydroxylation sites is 1. The lowest BCUT2D eigenvalue weighted by Crippen LogP contribution is -2.69. The topological polar surface area (TPSA) is 82.6 Å². The standard InChI is InChI=1S/C21H24N4O3S/c1-4-5-12-24-18(27)15-8-6-7-9-16(15)25-17(26)10-11-21(24,25)19(28)23-20-22-13(2)14(3)29-20/h6-9H,4-5,10-12H2,1-3H3,(H,22,23,28)/t21-/m1/s1. The van der Waals surface area contributed by atoms with Crippen molar-refractivity contribution < 1.29 is 14.4 Å². The lowest BCUT2D eigenvalue weighted by molar-refractivity contribution is -0.129. The lowest BCUT2D eigenvalue weighted by atomic mass is 9.95. The Kier molecular flexibility index (Phi) is 4.90. The molecule has 4 rings (SSSR count). The molecule has 0 aliphatic carbocycles. The van der Waals surface area contributed by atoms with Gasteiger partial charge in [0.05, 0.1) is 16.9 Å². The monoisotopic (exact) mass is 412 g/mol. The van der Waals surface area contributed by atoms with Gasteiger partial charge in [-0.15, -0.1) is 11.3 Å². The second kappa shape index (κ2) is 7.26.